The molecule has 0 radical (unpaired) electrons. The molecule has 94 valence electrons. The van der Waals surface area contributed by atoms with Gasteiger partial charge in [0.1, 0.15) is 0 Å². The van der Waals surface area contributed by atoms with Crippen molar-refractivity contribution in [1.82, 2.24) is 0 Å². The third-order valence-corrected chi connectivity index (χ3v) is 2.28. The Balaban J connectivity index is 3.01. The van der Waals surface area contributed by atoms with Crippen molar-refractivity contribution in [2.24, 2.45) is 0 Å². The Hall–Kier alpha value is -2.07. The molecular weight excluding hydrogens is 256 g/mol. The Morgan fingerprint density at radius 2 is 2.06 bits per heavy atom. The number of methoxy groups -OCH3 is 1. The van der Waals surface area contributed by atoms with Crippen LogP contribution in [0.4, 0.5) is 0 Å². The third-order valence-electron chi connectivity index (χ3n) is 2.05. The number of halogens is 1. The summed E-state index contributed by atoms with van der Waals surface area (Å²) >= 11 is 5.80. The Bertz CT molecular complexity index is 518. The molecule has 4 nitrogen and oxygen atoms in total. The third kappa shape index (κ3) is 4.07. The number of rotatable bonds is 4. The molecule has 0 aromatic heterocycles. The first-order valence-corrected chi connectivity index (χ1v) is 5.38. The van der Waals surface area contributed by atoms with Gasteiger partial charge in [0.15, 0.2) is 0 Å². The van der Waals surface area contributed by atoms with Gasteiger partial charge >= 0.3 is 11.9 Å². The van der Waals surface area contributed by atoms with Gasteiger partial charge in [-0.15, -0.1) is 0 Å². The molecule has 0 amide bonds. The van der Waals surface area contributed by atoms with E-state index in [-0.39, 0.29) is 0 Å². The quantitative estimate of drug-likeness (QED) is 0.517. The molecule has 0 atom stereocenters. The van der Waals surface area contributed by atoms with Crippen LogP contribution in [-0.2, 0) is 9.53 Å². The average Bonchev–Trinajstić information content (AvgIpc) is 2.34. The van der Waals surface area contributed by atoms with Crippen molar-refractivity contribution in [3.05, 3.63) is 52.6 Å². The number of hydrogen-bond donors (Lipinski definition) is 1. The SMILES string of the molecule is COC(=O)c1cc(Cl)ccc1C=CC=CC(=O)O. The summed E-state index contributed by atoms with van der Waals surface area (Å²) in [6.45, 7) is 0. The number of carbonyl (C=O) groups excluding carboxylic acids is 1. The summed E-state index contributed by atoms with van der Waals surface area (Å²) in [6, 6.07) is 4.78. The molecular formula is C13H11ClO4. The lowest BCUT2D eigenvalue weighted by Crippen LogP contribution is -2.03. The molecule has 0 heterocycles. The number of allylic oxidation sites excluding steroid dienone is 2. The monoisotopic (exact) mass is 266 g/mol. The minimum atomic E-state index is -1.04. The number of benzene rings is 1. The summed E-state index contributed by atoms with van der Waals surface area (Å²) in [7, 11) is 1.28. The molecule has 0 saturated heterocycles. The molecule has 0 spiro atoms. The van der Waals surface area contributed by atoms with Gasteiger partial charge in [-0.2, -0.15) is 0 Å². The van der Waals surface area contributed by atoms with Crippen molar-refractivity contribution < 1.29 is 19.4 Å². The molecule has 0 aliphatic heterocycles. The van der Waals surface area contributed by atoms with E-state index in [1.807, 2.05) is 0 Å². The highest BCUT2D eigenvalue weighted by Crippen LogP contribution is 2.18. The van der Waals surface area contributed by atoms with Crippen LogP contribution in [0.3, 0.4) is 0 Å². The van der Waals surface area contributed by atoms with E-state index in [1.165, 1.54) is 25.3 Å². The van der Waals surface area contributed by atoms with Gasteiger partial charge < -0.3 is 9.84 Å². The highest BCUT2D eigenvalue weighted by molar-refractivity contribution is 6.31. The maximum absolute atomic E-state index is 11.5. The van der Waals surface area contributed by atoms with Crippen LogP contribution < -0.4 is 0 Å². The zero-order valence-corrected chi connectivity index (χ0v) is 10.3. The van der Waals surface area contributed by atoms with Gasteiger partial charge in [-0.05, 0) is 17.7 Å². The van der Waals surface area contributed by atoms with Crippen molar-refractivity contribution >= 4 is 29.6 Å². The van der Waals surface area contributed by atoms with Crippen LogP contribution in [0.5, 0.6) is 0 Å². The minimum Gasteiger partial charge on any atom is -0.478 e. The lowest BCUT2D eigenvalue weighted by molar-refractivity contribution is -0.131. The molecule has 0 unspecified atom stereocenters. The van der Waals surface area contributed by atoms with E-state index in [4.69, 9.17) is 16.7 Å². The van der Waals surface area contributed by atoms with E-state index < -0.39 is 11.9 Å². The van der Waals surface area contributed by atoms with Gasteiger partial charge in [-0.1, -0.05) is 35.9 Å². The smallest absolute Gasteiger partial charge is 0.338 e. The molecule has 1 rings (SSSR count). The van der Waals surface area contributed by atoms with Crippen LogP contribution in [0.15, 0.2) is 36.4 Å². The molecule has 0 aliphatic rings. The van der Waals surface area contributed by atoms with Crippen LogP contribution >= 0.6 is 11.6 Å². The maximum Gasteiger partial charge on any atom is 0.338 e. The van der Waals surface area contributed by atoms with E-state index in [0.717, 1.165) is 6.08 Å². The summed E-state index contributed by atoms with van der Waals surface area (Å²) in [5.74, 6) is -1.54. The van der Waals surface area contributed by atoms with E-state index in [2.05, 4.69) is 4.74 Å². The van der Waals surface area contributed by atoms with E-state index >= 15 is 0 Å². The van der Waals surface area contributed by atoms with Gasteiger partial charge in [0, 0.05) is 11.1 Å². The first kappa shape index (κ1) is 14.0. The summed E-state index contributed by atoms with van der Waals surface area (Å²) in [5, 5.41) is 8.84. The highest BCUT2D eigenvalue weighted by atomic mass is 35.5. The van der Waals surface area contributed by atoms with E-state index in [0.29, 0.717) is 16.1 Å². The van der Waals surface area contributed by atoms with Crippen molar-refractivity contribution in [3.8, 4) is 0 Å². The standard InChI is InChI=1S/C13H11ClO4/c1-18-13(17)11-8-10(14)7-6-9(11)4-2-3-5-12(15)16/h2-8H,1H3,(H,15,16). The topological polar surface area (TPSA) is 63.6 Å². The van der Waals surface area contributed by atoms with Crippen molar-refractivity contribution in [2.45, 2.75) is 0 Å². The largest absolute Gasteiger partial charge is 0.478 e. The number of hydrogen-bond acceptors (Lipinski definition) is 3. The second kappa shape index (κ2) is 6.61. The Labute approximate surface area is 109 Å². The molecule has 18 heavy (non-hydrogen) atoms. The first-order valence-electron chi connectivity index (χ1n) is 5.00. The highest BCUT2D eigenvalue weighted by Gasteiger charge is 2.10. The maximum atomic E-state index is 11.5. The van der Waals surface area contributed by atoms with Gasteiger partial charge in [0.05, 0.1) is 12.7 Å². The Morgan fingerprint density at radius 1 is 1.33 bits per heavy atom. The molecule has 1 N–H and O–H groups in total. The summed E-state index contributed by atoms with van der Waals surface area (Å²) in [6.07, 6.45) is 5.47. The van der Waals surface area contributed by atoms with Crippen LogP contribution in [-0.4, -0.2) is 24.2 Å². The van der Waals surface area contributed by atoms with Crippen molar-refractivity contribution in [3.63, 3.8) is 0 Å². The fourth-order valence-electron chi connectivity index (χ4n) is 1.26. The van der Waals surface area contributed by atoms with E-state index in [1.54, 1.807) is 18.2 Å². The second-order valence-corrected chi connectivity index (χ2v) is 3.72. The van der Waals surface area contributed by atoms with Crippen LogP contribution in [0.1, 0.15) is 15.9 Å². The van der Waals surface area contributed by atoms with Crippen molar-refractivity contribution in [2.75, 3.05) is 7.11 Å². The molecule has 0 bridgehead atoms. The number of carboxylic acid groups (broad SMARTS) is 1. The van der Waals surface area contributed by atoms with Crippen LogP contribution in [0.2, 0.25) is 5.02 Å². The van der Waals surface area contributed by atoms with Crippen molar-refractivity contribution in [1.29, 1.82) is 0 Å². The number of ether oxygens (including phenoxy) is 1. The zero-order valence-electron chi connectivity index (χ0n) is 9.59. The number of carboxylic acids is 1. The normalized spacial score (nSPS) is 11.0. The number of carbonyl (C=O) groups is 2. The summed E-state index contributed by atoms with van der Waals surface area (Å²) < 4.78 is 4.63. The summed E-state index contributed by atoms with van der Waals surface area (Å²) in [5.41, 5.74) is 0.922. The number of aliphatic carboxylic acids is 1. The predicted octanol–water partition coefficient (Wildman–Crippen LogP) is 2.78. The zero-order chi connectivity index (χ0) is 13.5. The predicted molar refractivity (Wildman–Crippen MR) is 68.6 cm³/mol. The van der Waals surface area contributed by atoms with Gasteiger partial charge in [-0.25, -0.2) is 9.59 Å². The first-order chi connectivity index (χ1) is 8.54. The minimum absolute atomic E-state index is 0.324. The van der Waals surface area contributed by atoms with Crippen LogP contribution in [0.25, 0.3) is 6.08 Å². The average molecular weight is 267 g/mol. The molecule has 5 heteroatoms. The lowest BCUT2D eigenvalue weighted by Gasteiger charge is -2.04. The molecule has 0 saturated carbocycles. The van der Waals surface area contributed by atoms with Gasteiger partial charge in [0.25, 0.3) is 0 Å². The second-order valence-electron chi connectivity index (χ2n) is 3.28. The van der Waals surface area contributed by atoms with Gasteiger partial charge in [-0.3, -0.25) is 0 Å². The van der Waals surface area contributed by atoms with E-state index in [9.17, 15) is 9.59 Å². The van der Waals surface area contributed by atoms with Crippen LogP contribution in [0, 0.1) is 0 Å². The lowest BCUT2D eigenvalue weighted by atomic mass is 10.1. The fraction of sp³-hybridized carbons (Fsp3) is 0.0769. The summed E-state index contributed by atoms with van der Waals surface area (Å²) in [4.78, 5) is 21.8. The molecule has 1 aromatic rings. The fourth-order valence-corrected chi connectivity index (χ4v) is 1.43. The van der Waals surface area contributed by atoms with Gasteiger partial charge in [0.2, 0.25) is 0 Å². The molecule has 1 aromatic carbocycles. The number of esters is 1. The molecule has 0 aliphatic carbocycles. The Kier molecular flexibility index (Phi) is 5.14. The Morgan fingerprint density at radius 3 is 2.67 bits per heavy atom. The molecule has 0 fully saturated rings.